The highest BCUT2D eigenvalue weighted by Gasteiger charge is 2.34. The van der Waals surface area contributed by atoms with Gasteiger partial charge in [-0.1, -0.05) is 78.3 Å². The Balaban J connectivity index is 1.41. The van der Waals surface area contributed by atoms with Crippen LogP contribution in [0.4, 0.5) is 0 Å². The Labute approximate surface area is 273 Å². The third-order valence-electron chi connectivity index (χ3n) is 8.80. The monoisotopic (exact) mass is 639 g/mol. The second kappa shape index (κ2) is 14.0. The number of carboxylic acids is 1. The van der Waals surface area contributed by atoms with Crippen molar-refractivity contribution < 1.29 is 19.7 Å². The highest BCUT2D eigenvalue weighted by atomic mass is 35.5. The molecule has 238 valence electrons. The van der Waals surface area contributed by atoms with Crippen molar-refractivity contribution in [2.75, 3.05) is 46.4 Å². The van der Waals surface area contributed by atoms with Crippen LogP contribution in [-0.2, 0) is 11.3 Å². The zero-order valence-electron chi connectivity index (χ0n) is 26.0. The molecule has 0 saturated carbocycles. The van der Waals surface area contributed by atoms with Crippen molar-refractivity contribution in [2.45, 2.75) is 25.5 Å². The summed E-state index contributed by atoms with van der Waals surface area (Å²) in [6.07, 6.45) is 2.01. The van der Waals surface area contributed by atoms with Gasteiger partial charge in [-0.05, 0) is 42.3 Å². The van der Waals surface area contributed by atoms with Crippen molar-refractivity contribution in [3.8, 4) is 16.9 Å². The number of nitrogens with zero attached hydrogens (tertiary/aromatic N) is 5. The molecule has 10 heteroatoms. The van der Waals surface area contributed by atoms with E-state index in [1.807, 2.05) is 66.2 Å². The average molecular weight is 640 g/mol. The van der Waals surface area contributed by atoms with E-state index < -0.39 is 18.0 Å². The summed E-state index contributed by atoms with van der Waals surface area (Å²) >= 11 is 6.94. The van der Waals surface area contributed by atoms with Gasteiger partial charge in [-0.2, -0.15) is 0 Å². The first-order valence-corrected chi connectivity index (χ1v) is 15.9. The lowest BCUT2D eigenvalue weighted by Crippen LogP contribution is -2.45. The van der Waals surface area contributed by atoms with Gasteiger partial charge in [-0.3, -0.25) is 9.69 Å². The number of rotatable bonds is 11. The van der Waals surface area contributed by atoms with Gasteiger partial charge in [0.05, 0.1) is 16.8 Å². The molecule has 3 heterocycles. The first-order chi connectivity index (χ1) is 22.3. The summed E-state index contributed by atoms with van der Waals surface area (Å²) in [5.74, 6) is -1.92. The molecule has 0 spiro atoms. The van der Waals surface area contributed by atoms with Gasteiger partial charge < -0.3 is 24.4 Å². The predicted molar refractivity (Wildman–Crippen MR) is 179 cm³/mol. The number of hydrogen-bond donors (Lipinski definition) is 2. The van der Waals surface area contributed by atoms with Gasteiger partial charge in [0.15, 0.2) is 0 Å². The van der Waals surface area contributed by atoms with Crippen molar-refractivity contribution in [3.63, 3.8) is 0 Å². The van der Waals surface area contributed by atoms with E-state index in [4.69, 9.17) is 16.3 Å². The number of hydrogen-bond acceptors (Lipinski definition) is 7. The summed E-state index contributed by atoms with van der Waals surface area (Å²) in [6.45, 7) is 7.90. The van der Waals surface area contributed by atoms with Crippen LogP contribution < -0.4 is 4.74 Å². The Morgan fingerprint density at radius 1 is 0.957 bits per heavy atom. The van der Waals surface area contributed by atoms with Gasteiger partial charge in [0.2, 0.25) is 0 Å². The van der Waals surface area contributed by atoms with Crippen LogP contribution >= 0.6 is 11.6 Å². The fourth-order valence-corrected chi connectivity index (χ4v) is 6.37. The van der Waals surface area contributed by atoms with E-state index >= 15 is 0 Å². The number of likely N-dealkylation sites (N-methyl/N-ethyl adjacent to an activating group) is 1. The van der Waals surface area contributed by atoms with E-state index in [1.165, 1.54) is 6.33 Å². The summed E-state index contributed by atoms with van der Waals surface area (Å²) in [4.78, 5) is 26.7. The standard InChI is InChI=1S/C36H38ClN5O4/c1-24-27(13-14-29(32(24)37)46-20-19-41-17-15-40(2)16-18-41)28-22-42(21-25-9-5-3-6-10-25)35-30(28)33(38-23-39-35)31(36(44)45)34(43)26-11-7-4-8-12-26/h3-14,22-23,31,34,43H,15-21H2,1-2H3,(H,44,45). The topological polar surface area (TPSA) is 104 Å². The summed E-state index contributed by atoms with van der Waals surface area (Å²) in [6, 6.07) is 22.6. The molecule has 46 heavy (non-hydrogen) atoms. The van der Waals surface area contributed by atoms with E-state index in [1.54, 1.807) is 24.3 Å². The number of carboxylic acid groups (broad SMARTS) is 1. The predicted octanol–water partition coefficient (Wildman–Crippen LogP) is 5.64. The van der Waals surface area contributed by atoms with Crippen LogP contribution in [0.15, 0.2) is 85.3 Å². The molecule has 0 radical (unpaired) electrons. The molecule has 3 aromatic carbocycles. The Bertz CT molecular complexity index is 1810. The molecule has 1 saturated heterocycles. The smallest absolute Gasteiger partial charge is 0.315 e. The van der Waals surface area contributed by atoms with Crippen molar-refractivity contribution >= 4 is 28.6 Å². The summed E-state index contributed by atoms with van der Waals surface area (Å²) in [5.41, 5.74) is 4.69. The third-order valence-corrected chi connectivity index (χ3v) is 9.27. The normalized spacial score (nSPS) is 15.6. The molecule has 0 amide bonds. The lowest BCUT2D eigenvalue weighted by Gasteiger charge is -2.32. The van der Waals surface area contributed by atoms with Gasteiger partial charge in [0, 0.05) is 56.4 Å². The zero-order valence-corrected chi connectivity index (χ0v) is 26.8. The van der Waals surface area contributed by atoms with Crippen molar-refractivity contribution in [1.82, 2.24) is 24.3 Å². The molecule has 1 aliphatic heterocycles. The lowest BCUT2D eigenvalue weighted by molar-refractivity contribution is -0.141. The number of aliphatic carboxylic acids is 1. The van der Waals surface area contributed by atoms with Crippen molar-refractivity contribution in [2.24, 2.45) is 0 Å². The first kappa shape index (κ1) is 31.7. The Morgan fingerprint density at radius 2 is 1.65 bits per heavy atom. The fraction of sp³-hybridized carbons (Fsp3) is 0.306. The van der Waals surface area contributed by atoms with Crippen LogP contribution in [0.3, 0.4) is 0 Å². The number of aliphatic hydroxyl groups excluding tert-OH is 1. The van der Waals surface area contributed by atoms with Gasteiger partial charge in [0.25, 0.3) is 0 Å². The fourth-order valence-electron chi connectivity index (χ4n) is 6.15. The molecule has 1 aliphatic rings. The van der Waals surface area contributed by atoms with E-state index in [2.05, 4.69) is 26.8 Å². The van der Waals surface area contributed by atoms with E-state index in [-0.39, 0.29) is 5.69 Å². The minimum Gasteiger partial charge on any atom is -0.491 e. The van der Waals surface area contributed by atoms with Crippen molar-refractivity contribution in [3.05, 3.63) is 113 Å². The SMILES string of the molecule is Cc1c(-c2cn(Cc3ccccc3)c3ncnc(C(C(=O)O)C(O)c4ccccc4)c23)ccc(OCCN2CCN(C)CC2)c1Cl. The molecule has 9 nitrogen and oxygen atoms in total. The highest BCUT2D eigenvalue weighted by molar-refractivity contribution is 6.33. The molecule has 6 rings (SSSR count). The van der Waals surface area contributed by atoms with Gasteiger partial charge >= 0.3 is 5.97 Å². The Kier molecular flexibility index (Phi) is 9.65. The lowest BCUT2D eigenvalue weighted by atomic mass is 9.89. The maximum atomic E-state index is 12.8. The molecule has 0 aliphatic carbocycles. The number of carbonyl (C=O) groups is 1. The van der Waals surface area contributed by atoms with Crippen LogP contribution in [0.1, 0.15) is 34.4 Å². The Hall–Kier alpha value is -4.28. The number of ether oxygens (including phenoxy) is 1. The molecule has 2 aromatic heterocycles. The second-order valence-electron chi connectivity index (χ2n) is 11.8. The molecule has 2 unspecified atom stereocenters. The average Bonchev–Trinajstić information content (AvgIpc) is 3.43. The zero-order chi connectivity index (χ0) is 32.2. The molecular formula is C36H38ClN5O4. The van der Waals surface area contributed by atoms with Crippen LogP contribution in [0.5, 0.6) is 5.75 Å². The molecular weight excluding hydrogens is 602 g/mol. The number of aromatic nitrogens is 3. The molecule has 1 fully saturated rings. The molecule has 2 N–H and O–H groups in total. The number of benzene rings is 3. The van der Waals surface area contributed by atoms with Crippen LogP contribution in [0, 0.1) is 6.92 Å². The largest absolute Gasteiger partial charge is 0.491 e. The Morgan fingerprint density at radius 3 is 2.35 bits per heavy atom. The molecule has 5 aromatic rings. The second-order valence-corrected chi connectivity index (χ2v) is 12.2. The number of fused-ring (bicyclic) bond motifs is 1. The summed E-state index contributed by atoms with van der Waals surface area (Å²) in [7, 11) is 2.14. The van der Waals surface area contributed by atoms with E-state index in [9.17, 15) is 15.0 Å². The number of aliphatic hydroxyl groups is 1. The highest BCUT2D eigenvalue weighted by Crippen LogP contribution is 2.42. The van der Waals surface area contributed by atoms with Crippen LogP contribution in [0.2, 0.25) is 5.02 Å². The first-order valence-electron chi connectivity index (χ1n) is 15.5. The van der Waals surface area contributed by atoms with Crippen molar-refractivity contribution in [1.29, 1.82) is 0 Å². The van der Waals surface area contributed by atoms with E-state index in [0.717, 1.165) is 55.0 Å². The third kappa shape index (κ3) is 6.64. The summed E-state index contributed by atoms with van der Waals surface area (Å²) < 4.78 is 8.15. The summed E-state index contributed by atoms with van der Waals surface area (Å²) in [5, 5.41) is 22.9. The van der Waals surface area contributed by atoms with Gasteiger partial charge in [-0.25, -0.2) is 9.97 Å². The minimum absolute atomic E-state index is 0.235. The van der Waals surface area contributed by atoms with Crippen LogP contribution in [0.25, 0.3) is 22.2 Å². The van der Waals surface area contributed by atoms with Gasteiger partial charge in [0.1, 0.15) is 30.2 Å². The van der Waals surface area contributed by atoms with Gasteiger partial charge in [-0.15, -0.1) is 0 Å². The quantitative estimate of drug-likeness (QED) is 0.192. The molecule has 2 atom stereocenters. The number of piperazine rings is 1. The van der Waals surface area contributed by atoms with E-state index in [0.29, 0.717) is 40.5 Å². The maximum absolute atomic E-state index is 12.8. The number of halogens is 1. The maximum Gasteiger partial charge on any atom is 0.315 e. The molecule has 0 bridgehead atoms. The minimum atomic E-state index is -1.34. The van der Waals surface area contributed by atoms with Crippen LogP contribution in [-0.4, -0.2) is 86.9 Å².